The van der Waals surface area contributed by atoms with Crippen LogP contribution >= 0.6 is 0 Å². The maximum atomic E-state index is 12.6. The first-order valence-electron chi connectivity index (χ1n) is 8.83. The van der Waals surface area contributed by atoms with Crippen LogP contribution in [0.2, 0.25) is 0 Å². The van der Waals surface area contributed by atoms with Crippen molar-refractivity contribution >= 4 is 11.5 Å². The van der Waals surface area contributed by atoms with Crippen molar-refractivity contribution in [1.29, 1.82) is 0 Å². The normalized spacial score (nSPS) is 14.7. The molecule has 128 valence electrons. The summed E-state index contributed by atoms with van der Waals surface area (Å²) in [5.41, 5.74) is 5.62. The number of rotatable bonds is 5. The lowest BCUT2D eigenvalue weighted by molar-refractivity contribution is 0.101. The maximum absolute atomic E-state index is 12.6. The number of ketones is 1. The number of hydrogen-bond acceptors (Lipinski definition) is 2. The Morgan fingerprint density at radius 3 is 2.33 bits per heavy atom. The van der Waals surface area contributed by atoms with E-state index in [1.165, 1.54) is 24.1 Å². The number of Topliss-reactive ketones (excluding diaryl/α,β-unsaturated/α-hetero) is 1. The van der Waals surface area contributed by atoms with Gasteiger partial charge in [-0.2, -0.15) is 0 Å². The second kappa shape index (κ2) is 6.12. The van der Waals surface area contributed by atoms with E-state index >= 15 is 0 Å². The van der Waals surface area contributed by atoms with Gasteiger partial charge in [0.25, 0.3) is 0 Å². The fraction of sp³-hybridized carbons (Fsp3) is 0.476. The Labute approximate surface area is 145 Å². The van der Waals surface area contributed by atoms with E-state index in [1.54, 1.807) is 0 Å². The smallest absolute Gasteiger partial charge is 0.183 e. The third-order valence-corrected chi connectivity index (χ3v) is 4.90. The van der Waals surface area contributed by atoms with Crippen LogP contribution in [0.5, 0.6) is 0 Å². The molecule has 1 saturated carbocycles. The van der Waals surface area contributed by atoms with Gasteiger partial charge in [-0.15, -0.1) is 0 Å². The molecular weight excluding hydrogens is 296 g/mol. The summed E-state index contributed by atoms with van der Waals surface area (Å²) in [6, 6.07) is 11.0. The summed E-state index contributed by atoms with van der Waals surface area (Å²) < 4.78 is 2.32. The Bertz CT molecular complexity index is 743. The minimum atomic E-state index is 0.148. The summed E-state index contributed by atoms with van der Waals surface area (Å²) >= 11 is 0. The van der Waals surface area contributed by atoms with Crippen molar-refractivity contribution in [3.8, 4) is 0 Å². The van der Waals surface area contributed by atoms with Gasteiger partial charge in [0.1, 0.15) is 0 Å². The second-order valence-corrected chi connectivity index (χ2v) is 7.99. The van der Waals surface area contributed by atoms with Crippen LogP contribution in [0, 0.1) is 13.8 Å². The molecule has 0 unspecified atom stereocenters. The van der Waals surface area contributed by atoms with Crippen molar-refractivity contribution in [1.82, 2.24) is 4.57 Å². The van der Waals surface area contributed by atoms with Crippen LogP contribution in [0.3, 0.4) is 0 Å². The van der Waals surface area contributed by atoms with E-state index in [0.29, 0.717) is 12.6 Å². The molecule has 1 aromatic carbocycles. The zero-order valence-electron chi connectivity index (χ0n) is 15.4. The molecule has 1 aromatic heterocycles. The highest BCUT2D eigenvalue weighted by atomic mass is 16.1. The van der Waals surface area contributed by atoms with Crippen molar-refractivity contribution < 1.29 is 4.79 Å². The molecule has 1 aliphatic rings. The zero-order valence-corrected chi connectivity index (χ0v) is 15.4. The van der Waals surface area contributed by atoms with Gasteiger partial charge in [-0.3, -0.25) is 4.79 Å². The van der Waals surface area contributed by atoms with E-state index in [4.69, 9.17) is 0 Å². The van der Waals surface area contributed by atoms with E-state index in [9.17, 15) is 4.79 Å². The monoisotopic (exact) mass is 324 g/mol. The van der Waals surface area contributed by atoms with E-state index in [1.807, 2.05) is 6.07 Å². The van der Waals surface area contributed by atoms with E-state index in [-0.39, 0.29) is 11.2 Å². The van der Waals surface area contributed by atoms with Crippen LogP contribution in [0.15, 0.2) is 30.3 Å². The van der Waals surface area contributed by atoms with Gasteiger partial charge in [0.05, 0.1) is 6.54 Å². The van der Waals surface area contributed by atoms with Crippen LogP contribution in [-0.4, -0.2) is 16.9 Å². The van der Waals surface area contributed by atoms with Gasteiger partial charge >= 0.3 is 0 Å². The Balaban J connectivity index is 1.67. The molecule has 0 spiro atoms. The SMILES string of the molecule is Cc1cc(C(=O)CNc2ccc(C(C)(C)C)cc2)c(C)n1C1CC1. The second-order valence-electron chi connectivity index (χ2n) is 7.99. The predicted octanol–water partition coefficient (Wildman–Crippen LogP) is 5.03. The Morgan fingerprint density at radius 1 is 1.17 bits per heavy atom. The van der Waals surface area contributed by atoms with Crippen LogP contribution in [0.25, 0.3) is 0 Å². The molecule has 0 amide bonds. The summed E-state index contributed by atoms with van der Waals surface area (Å²) in [4.78, 5) is 12.6. The van der Waals surface area contributed by atoms with E-state index in [2.05, 4.69) is 68.8 Å². The van der Waals surface area contributed by atoms with Gasteiger partial charge in [0.15, 0.2) is 5.78 Å². The summed E-state index contributed by atoms with van der Waals surface area (Å²) in [6.45, 7) is 11.1. The zero-order chi connectivity index (χ0) is 17.5. The lowest BCUT2D eigenvalue weighted by atomic mass is 9.87. The quantitative estimate of drug-likeness (QED) is 0.782. The van der Waals surface area contributed by atoms with Gasteiger partial charge in [0, 0.05) is 28.7 Å². The Morgan fingerprint density at radius 2 is 1.79 bits per heavy atom. The molecule has 1 heterocycles. The molecule has 0 saturated heterocycles. The highest BCUT2D eigenvalue weighted by Crippen LogP contribution is 2.38. The molecule has 1 fully saturated rings. The summed E-state index contributed by atoms with van der Waals surface area (Å²) in [7, 11) is 0. The molecular formula is C21H28N2O. The van der Waals surface area contributed by atoms with E-state index in [0.717, 1.165) is 16.9 Å². The van der Waals surface area contributed by atoms with Crippen LogP contribution in [0.1, 0.15) is 67.0 Å². The Kier molecular flexibility index (Phi) is 4.29. The standard InChI is InChI=1S/C21H28N2O/c1-14-12-19(15(2)23(14)18-10-11-18)20(24)13-22-17-8-6-16(7-9-17)21(3,4)5/h6-9,12,18,22H,10-11,13H2,1-5H3. The minimum absolute atomic E-state index is 0.148. The van der Waals surface area contributed by atoms with Crippen molar-refractivity contribution in [2.45, 2.75) is 58.9 Å². The number of anilines is 1. The van der Waals surface area contributed by atoms with Gasteiger partial charge in [0.2, 0.25) is 0 Å². The first-order valence-corrected chi connectivity index (χ1v) is 8.83. The van der Waals surface area contributed by atoms with Gasteiger partial charge in [-0.25, -0.2) is 0 Å². The molecule has 0 aliphatic heterocycles. The first kappa shape index (κ1) is 16.8. The summed E-state index contributed by atoms with van der Waals surface area (Å²) in [6.07, 6.45) is 2.48. The van der Waals surface area contributed by atoms with Crippen molar-refractivity contribution in [2.75, 3.05) is 11.9 Å². The average Bonchev–Trinajstić information content (AvgIpc) is 3.30. The summed E-state index contributed by atoms with van der Waals surface area (Å²) in [5, 5.41) is 3.26. The molecule has 1 N–H and O–H groups in total. The van der Waals surface area contributed by atoms with Gasteiger partial charge in [-0.1, -0.05) is 32.9 Å². The number of nitrogens with one attached hydrogen (secondary N) is 1. The molecule has 1 aliphatic carbocycles. The number of carbonyl (C=O) groups excluding carboxylic acids is 1. The first-order chi connectivity index (χ1) is 11.3. The molecule has 24 heavy (non-hydrogen) atoms. The number of aryl methyl sites for hydroxylation is 1. The van der Waals surface area contributed by atoms with Crippen molar-refractivity contribution in [3.05, 3.63) is 52.8 Å². The molecule has 0 atom stereocenters. The third kappa shape index (κ3) is 3.40. The van der Waals surface area contributed by atoms with Crippen LogP contribution in [0.4, 0.5) is 5.69 Å². The van der Waals surface area contributed by atoms with Crippen molar-refractivity contribution in [3.63, 3.8) is 0 Å². The number of nitrogens with zero attached hydrogens (tertiary/aromatic N) is 1. The third-order valence-electron chi connectivity index (χ3n) is 4.90. The number of hydrogen-bond donors (Lipinski definition) is 1. The predicted molar refractivity (Wildman–Crippen MR) is 100 cm³/mol. The lowest BCUT2D eigenvalue weighted by Gasteiger charge is -2.19. The molecule has 3 heteroatoms. The Hall–Kier alpha value is -2.03. The van der Waals surface area contributed by atoms with Crippen LogP contribution in [-0.2, 0) is 5.41 Å². The molecule has 3 nitrogen and oxygen atoms in total. The van der Waals surface area contributed by atoms with Crippen molar-refractivity contribution in [2.24, 2.45) is 0 Å². The van der Waals surface area contributed by atoms with E-state index < -0.39 is 0 Å². The fourth-order valence-corrected chi connectivity index (χ4v) is 3.32. The molecule has 2 aromatic rings. The number of benzene rings is 1. The highest BCUT2D eigenvalue weighted by Gasteiger charge is 2.28. The average molecular weight is 324 g/mol. The topological polar surface area (TPSA) is 34.0 Å². The summed E-state index contributed by atoms with van der Waals surface area (Å²) in [5.74, 6) is 0.162. The van der Waals surface area contributed by atoms with Gasteiger partial charge in [-0.05, 0) is 55.9 Å². The number of carbonyl (C=O) groups is 1. The number of aromatic nitrogens is 1. The molecule has 3 rings (SSSR count). The fourth-order valence-electron chi connectivity index (χ4n) is 3.32. The molecule has 0 bridgehead atoms. The highest BCUT2D eigenvalue weighted by molar-refractivity contribution is 6.00. The maximum Gasteiger partial charge on any atom is 0.183 e. The largest absolute Gasteiger partial charge is 0.378 e. The van der Waals surface area contributed by atoms with Crippen LogP contribution < -0.4 is 5.32 Å². The minimum Gasteiger partial charge on any atom is -0.378 e. The van der Waals surface area contributed by atoms with Gasteiger partial charge < -0.3 is 9.88 Å². The lowest BCUT2D eigenvalue weighted by Crippen LogP contribution is -2.15. The molecule has 0 radical (unpaired) electrons.